The number of anilines is 3. The molecule has 1 aliphatic heterocycles. The van der Waals surface area contributed by atoms with Gasteiger partial charge in [0.2, 0.25) is 0 Å². The number of nitriles is 1. The number of carbonyl (C=O) groups is 1. The average Bonchev–Trinajstić information content (AvgIpc) is 3.40. The number of hydrogen-bond acceptors (Lipinski definition) is 6. The number of hydrogen-bond donors (Lipinski definition) is 1. The molecule has 0 radical (unpaired) electrons. The molecule has 36 heavy (non-hydrogen) atoms. The Balaban J connectivity index is 1.53. The van der Waals surface area contributed by atoms with Crippen LogP contribution < -0.4 is 15.1 Å². The average molecular weight is 479 g/mol. The number of urea groups is 1. The van der Waals surface area contributed by atoms with Gasteiger partial charge in [-0.25, -0.2) is 14.8 Å². The quantitative estimate of drug-likeness (QED) is 0.390. The molecular formula is C28H26N6O2. The van der Waals surface area contributed by atoms with Gasteiger partial charge in [-0.2, -0.15) is 5.26 Å². The van der Waals surface area contributed by atoms with Crippen molar-refractivity contribution in [1.29, 1.82) is 5.26 Å². The van der Waals surface area contributed by atoms with E-state index in [0.717, 1.165) is 36.3 Å². The van der Waals surface area contributed by atoms with Gasteiger partial charge in [-0.15, -0.1) is 0 Å². The summed E-state index contributed by atoms with van der Waals surface area (Å²) in [6, 6.07) is 20.6. The lowest BCUT2D eigenvalue weighted by molar-refractivity contribution is 0.255. The van der Waals surface area contributed by atoms with E-state index in [0.29, 0.717) is 28.5 Å². The zero-order valence-electron chi connectivity index (χ0n) is 20.2. The maximum absolute atomic E-state index is 13.7. The van der Waals surface area contributed by atoms with Gasteiger partial charge in [-0.05, 0) is 56.7 Å². The van der Waals surface area contributed by atoms with E-state index in [1.807, 2.05) is 61.5 Å². The van der Waals surface area contributed by atoms with Crippen molar-refractivity contribution in [2.45, 2.75) is 26.3 Å². The van der Waals surface area contributed by atoms with E-state index in [2.05, 4.69) is 28.2 Å². The van der Waals surface area contributed by atoms with Crippen LogP contribution in [0.3, 0.4) is 0 Å². The van der Waals surface area contributed by atoms with Crippen molar-refractivity contribution in [2.75, 3.05) is 28.2 Å². The van der Waals surface area contributed by atoms with Gasteiger partial charge in [0, 0.05) is 35.9 Å². The summed E-state index contributed by atoms with van der Waals surface area (Å²) in [6.07, 6.45) is 3.82. The maximum Gasteiger partial charge on any atom is 0.327 e. The molecule has 1 aliphatic rings. The van der Waals surface area contributed by atoms with Crippen molar-refractivity contribution >= 4 is 23.2 Å². The van der Waals surface area contributed by atoms with Crippen LogP contribution in [0.25, 0.3) is 22.6 Å². The number of fused-ring (bicyclic) bond motifs is 1. The van der Waals surface area contributed by atoms with Crippen LogP contribution in [0.15, 0.2) is 77.7 Å². The molecule has 4 aromatic rings. The molecule has 0 aliphatic carbocycles. The summed E-state index contributed by atoms with van der Waals surface area (Å²) in [7, 11) is 0. The Morgan fingerprint density at radius 2 is 2.00 bits per heavy atom. The molecule has 0 saturated carbocycles. The van der Waals surface area contributed by atoms with E-state index < -0.39 is 0 Å². The third kappa shape index (κ3) is 4.51. The molecule has 0 spiro atoms. The fourth-order valence-corrected chi connectivity index (χ4v) is 4.49. The third-order valence-corrected chi connectivity index (χ3v) is 6.40. The topological polar surface area (TPSA) is 98.3 Å². The molecule has 0 unspecified atom stereocenters. The Hall–Kier alpha value is -4.64. The zero-order chi connectivity index (χ0) is 25.1. The number of nitrogens with one attached hydrogen (secondary N) is 1. The first-order chi connectivity index (χ1) is 17.6. The summed E-state index contributed by atoms with van der Waals surface area (Å²) in [5.74, 6) is 1.23. The van der Waals surface area contributed by atoms with Crippen LogP contribution in [-0.2, 0) is 0 Å². The number of carbonyl (C=O) groups excluding carboxylic acids is 1. The summed E-state index contributed by atoms with van der Waals surface area (Å²) in [5.41, 5.74) is 4.49. The van der Waals surface area contributed by atoms with Gasteiger partial charge in [0.1, 0.15) is 0 Å². The van der Waals surface area contributed by atoms with Crippen molar-refractivity contribution in [3.05, 3.63) is 78.8 Å². The predicted molar refractivity (Wildman–Crippen MR) is 140 cm³/mol. The molecule has 0 fully saturated rings. The number of aromatic nitrogens is 2. The summed E-state index contributed by atoms with van der Waals surface area (Å²) in [6.45, 7) is 5.77. The normalized spacial score (nSPS) is 15.1. The van der Waals surface area contributed by atoms with Gasteiger partial charge in [-0.1, -0.05) is 24.3 Å². The highest BCUT2D eigenvalue weighted by molar-refractivity contribution is 6.04. The minimum Gasteiger partial charge on any atom is -0.444 e. The molecule has 1 atom stereocenters. The second-order valence-electron chi connectivity index (χ2n) is 8.70. The third-order valence-electron chi connectivity index (χ3n) is 6.40. The summed E-state index contributed by atoms with van der Waals surface area (Å²) in [4.78, 5) is 26.6. The molecule has 1 N–H and O–H groups in total. The van der Waals surface area contributed by atoms with Gasteiger partial charge >= 0.3 is 6.03 Å². The molecule has 8 nitrogen and oxygen atoms in total. The van der Waals surface area contributed by atoms with Crippen LogP contribution in [0, 0.1) is 11.3 Å². The van der Waals surface area contributed by atoms with Crippen LogP contribution >= 0.6 is 0 Å². The number of oxazole rings is 1. The van der Waals surface area contributed by atoms with Gasteiger partial charge in [0.25, 0.3) is 0 Å². The number of amides is 2. The highest BCUT2D eigenvalue weighted by Gasteiger charge is 2.31. The summed E-state index contributed by atoms with van der Waals surface area (Å²) in [5, 5.41) is 12.4. The molecular weight excluding hydrogens is 452 g/mol. The molecule has 2 aromatic carbocycles. The molecule has 180 valence electrons. The van der Waals surface area contributed by atoms with Crippen molar-refractivity contribution in [3.63, 3.8) is 0 Å². The summed E-state index contributed by atoms with van der Waals surface area (Å²) < 4.78 is 5.40. The van der Waals surface area contributed by atoms with Crippen molar-refractivity contribution in [1.82, 2.24) is 9.97 Å². The molecule has 8 heteroatoms. The fourth-order valence-electron chi connectivity index (χ4n) is 4.49. The molecule has 2 aromatic heterocycles. The Kier molecular flexibility index (Phi) is 6.37. The highest BCUT2D eigenvalue weighted by Crippen LogP contribution is 2.36. The van der Waals surface area contributed by atoms with Crippen LogP contribution in [0.1, 0.15) is 25.8 Å². The standard InChI is InChI=1S/C28H26N6O2/c1-3-33-13-12-19(2)34(28(35)31-23-9-5-8-22(15-23)26-17-30-18-36-26)27-25(33)11-10-24(32-27)21-7-4-6-20(14-21)16-29/h4-11,14-15,17-19H,3,12-13H2,1-2H3,(H,31,35)/t19-/m1/s1. The Morgan fingerprint density at radius 1 is 1.17 bits per heavy atom. The van der Waals surface area contributed by atoms with E-state index in [1.54, 1.807) is 17.2 Å². The summed E-state index contributed by atoms with van der Waals surface area (Å²) >= 11 is 0. The van der Waals surface area contributed by atoms with Crippen LogP contribution in [-0.4, -0.2) is 35.1 Å². The van der Waals surface area contributed by atoms with E-state index in [9.17, 15) is 10.1 Å². The number of nitrogens with zero attached hydrogens (tertiary/aromatic N) is 5. The minimum absolute atomic E-state index is 0.0778. The van der Waals surface area contributed by atoms with Gasteiger partial charge in [-0.3, -0.25) is 4.90 Å². The predicted octanol–water partition coefficient (Wildman–Crippen LogP) is 5.93. The van der Waals surface area contributed by atoms with Crippen LogP contribution in [0.5, 0.6) is 0 Å². The number of benzene rings is 2. The van der Waals surface area contributed by atoms with E-state index >= 15 is 0 Å². The molecule has 0 saturated heterocycles. The smallest absolute Gasteiger partial charge is 0.327 e. The monoisotopic (exact) mass is 478 g/mol. The Bertz CT molecular complexity index is 1430. The lowest BCUT2D eigenvalue weighted by Crippen LogP contribution is -2.42. The van der Waals surface area contributed by atoms with E-state index in [1.165, 1.54) is 6.39 Å². The van der Waals surface area contributed by atoms with Gasteiger partial charge < -0.3 is 14.6 Å². The van der Waals surface area contributed by atoms with Crippen LogP contribution in [0.2, 0.25) is 0 Å². The van der Waals surface area contributed by atoms with Crippen LogP contribution in [0.4, 0.5) is 22.0 Å². The first-order valence-corrected chi connectivity index (χ1v) is 11.9. The Labute approximate surface area is 209 Å². The second-order valence-corrected chi connectivity index (χ2v) is 8.70. The molecule has 3 heterocycles. The number of pyridine rings is 1. The van der Waals surface area contributed by atoms with Crippen molar-refractivity contribution in [2.24, 2.45) is 0 Å². The molecule has 2 amide bonds. The molecule has 5 rings (SSSR count). The largest absolute Gasteiger partial charge is 0.444 e. The first kappa shape index (κ1) is 23.1. The van der Waals surface area contributed by atoms with Crippen molar-refractivity contribution < 1.29 is 9.21 Å². The second kappa shape index (κ2) is 9.92. The highest BCUT2D eigenvalue weighted by atomic mass is 16.3. The lowest BCUT2D eigenvalue weighted by atomic mass is 10.1. The van der Waals surface area contributed by atoms with E-state index in [4.69, 9.17) is 9.40 Å². The number of rotatable bonds is 4. The SMILES string of the molecule is CCN1CC[C@@H](C)N(C(=O)Nc2cccc(-c3cnco3)c2)c2nc(-c3cccc(C#N)c3)ccc21. The zero-order valence-corrected chi connectivity index (χ0v) is 20.2. The van der Waals surface area contributed by atoms with Gasteiger partial charge in [0.05, 0.1) is 29.2 Å². The molecule has 0 bridgehead atoms. The lowest BCUT2D eigenvalue weighted by Gasteiger charge is -2.28. The minimum atomic E-state index is -0.258. The van der Waals surface area contributed by atoms with Gasteiger partial charge in [0.15, 0.2) is 18.0 Å². The van der Waals surface area contributed by atoms with E-state index in [-0.39, 0.29) is 12.1 Å². The van der Waals surface area contributed by atoms with Crippen molar-refractivity contribution in [3.8, 4) is 28.7 Å². The first-order valence-electron chi connectivity index (χ1n) is 11.9. The maximum atomic E-state index is 13.7. The fraction of sp³-hybridized carbons (Fsp3) is 0.214. The Morgan fingerprint density at radius 3 is 2.78 bits per heavy atom.